The number of ether oxygens (including phenoxy) is 1. The number of anilines is 1. The quantitative estimate of drug-likeness (QED) is 0.354. The van der Waals surface area contributed by atoms with E-state index in [9.17, 15) is 9.59 Å². The van der Waals surface area contributed by atoms with Gasteiger partial charge < -0.3 is 10.1 Å². The summed E-state index contributed by atoms with van der Waals surface area (Å²) in [6, 6.07) is 20.2. The average molecular weight is 466 g/mol. The molecule has 0 aliphatic heterocycles. The molecule has 0 bridgehead atoms. The molecule has 1 N–H and O–H groups in total. The van der Waals surface area contributed by atoms with Crippen molar-refractivity contribution < 1.29 is 14.3 Å². The summed E-state index contributed by atoms with van der Waals surface area (Å²) in [5.41, 5.74) is 1.47. The van der Waals surface area contributed by atoms with Crippen molar-refractivity contribution in [2.45, 2.75) is 6.73 Å². The van der Waals surface area contributed by atoms with Gasteiger partial charge in [-0.15, -0.1) is 0 Å². The summed E-state index contributed by atoms with van der Waals surface area (Å²) in [6.07, 6.45) is 3.13. The Bertz CT molecular complexity index is 1270. The van der Waals surface area contributed by atoms with Crippen LogP contribution in [0.5, 0.6) is 5.75 Å². The lowest BCUT2D eigenvalue weighted by Gasteiger charge is -2.09. The van der Waals surface area contributed by atoms with Crippen LogP contribution in [0.1, 0.15) is 26.3 Å². The molecule has 6 nitrogen and oxygen atoms in total. The molecule has 1 aromatic heterocycles. The number of nitrogens with zero attached hydrogens (tertiary/aromatic N) is 2. The number of aromatic nitrogens is 2. The van der Waals surface area contributed by atoms with Gasteiger partial charge in [-0.1, -0.05) is 47.5 Å². The lowest BCUT2D eigenvalue weighted by Crippen LogP contribution is -2.16. The van der Waals surface area contributed by atoms with Gasteiger partial charge in [0.15, 0.2) is 12.5 Å². The van der Waals surface area contributed by atoms with Crippen LogP contribution in [0, 0.1) is 0 Å². The predicted molar refractivity (Wildman–Crippen MR) is 124 cm³/mol. The molecule has 0 unspecified atom stereocenters. The third-order valence-electron chi connectivity index (χ3n) is 4.57. The number of hydrogen-bond donors (Lipinski definition) is 1. The first-order valence-corrected chi connectivity index (χ1v) is 10.4. The summed E-state index contributed by atoms with van der Waals surface area (Å²) in [5, 5.41) is 8.05. The number of rotatable bonds is 7. The Hall–Kier alpha value is -3.61. The Kier molecular flexibility index (Phi) is 6.54. The van der Waals surface area contributed by atoms with Crippen LogP contribution in [-0.4, -0.2) is 21.5 Å². The van der Waals surface area contributed by atoms with Crippen molar-refractivity contribution in [3.63, 3.8) is 0 Å². The third-order valence-corrected chi connectivity index (χ3v) is 5.06. The fourth-order valence-electron chi connectivity index (χ4n) is 3.03. The van der Waals surface area contributed by atoms with E-state index in [0.29, 0.717) is 32.6 Å². The second-order valence-corrected chi connectivity index (χ2v) is 7.71. The fourth-order valence-corrected chi connectivity index (χ4v) is 3.34. The first-order chi connectivity index (χ1) is 15.5. The van der Waals surface area contributed by atoms with Crippen LogP contribution in [0.15, 0.2) is 85.2 Å². The van der Waals surface area contributed by atoms with E-state index in [0.717, 1.165) is 0 Å². The molecule has 4 aromatic rings. The highest BCUT2D eigenvalue weighted by Gasteiger charge is 2.18. The van der Waals surface area contributed by atoms with E-state index in [1.54, 1.807) is 79.0 Å². The zero-order chi connectivity index (χ0) is 22.5. The highest BCUT2D eigenvalue weighted by Crippen LogP contribution is 2.20. The topological polar surface area (TPSA) is 73.2 Å². The van der Waals surface area contributed by atoms with E-state index in [1.165, 1.54) is 10.9 Å². The number of halogens is 2. The van der Waals surface area contributed by atoms with E-state index in [2.05, 4.69) is 10.4 Å². The van der Waals surface area contributed by atoms with Crippen molar-refractivity contribution in [3.05, 3.63) is 112 Å². The van der Waals surface area contributed by atoms with Gasteiger partial charge >= 0.3 is 0 Å². The maximum atomic E-state index is 12.9. The predicted octanol–water partition coefficient (Wildman–Crippen LogP) is 5.71. The third kappa shape index (κ3) is 5.17. The molecule has 0 radical (unpaired) electrons. The molecule has 4 rings (SSSR count). The average Bonchev–Trinajstić information content (AvgIpc) is 3.25. The molecule has 1 heterocycles. The summed E-state index contributed by atoms with van der Waals surface area (Å²) in [5.74, 6) is -0.0792. The van der Waals surface area contributed by atoms with Crippen molar-refractivity contribution in [1.82, 2.24) is 9.78 Å². The molecule has 32 heavy (non-hydrogen) atoms. The molecule has 1 amide bonds. The summed E-state index contributed by atoms with van der Waals surface area (Å²) in [6.45, 7) is 0.141. The number of hydrogen-bond acceptors (Lipinski definition) is 4. The van der Waals surface area contributed by atoms with Crippen LogP contribution in [-0.2, 0) is 6.73 Å². The van der Waals surface area contributed by atoms with E-state index < -0.39 is 5.91 Å². The molecule has 8 heteroatoms. The van der Waals surface area contributed by atoms with Crippen LogP contribution in [0.4, 0.5) is 5.69 Å². The van der Waals surface area contributed by atoms with Gasteiger partial charge in [-0.2, -0.15) is 5.10 Å². The Morgan fingerprint density at radius 1 is 0.906 bits per heavy atom. The Morgan fingerprint density at radius 2 is 1.66 bits per heavy atom. The molecule has 0 atom stereocenters. The van der Waals surface area contributed by atoms with E-state index in [1.807, 2.05) is 0 Å². The van der Waals surface area contributed by atoms with Crippen LogP contribution in [0.2, 0.25) is 10.0 Å². The van der Waals surface area contributed by atoms with Gasteiger partial charge in [-0.25, -0.2) is 4.68 Å². The SMILES string of the molecule is O=C(Nc1cnn(COc2cccc(Cl)c2)c1)c1ccccc1C(=O)c1ccc(Cl)cc1. The minimum absolute atomic E-state index is 0.141. The van der Waals surface area contributed by atoms with Gasteiger partial charge in [-0.05, 0) is 48.5 Å². The largest absolute Gasteiger partial charge is 0.471 e. The second kappa shape index (κ2) is 9.68. The van der Waals surface area contributed by atoms with Crippen LogP contribution in [0.25, 0.3) is 0 Å². The summed E-state index contributed by atoms with van der Waals surface area (Å²) < 4.78 is 7.16. The highest BCUT2D eigenvalue weighted by atomic mass is 35.5. The fraction of sp³-hybridized carbons (Fsp3) is 0.0417. The second-order valence-electron chi connectivity index (χ2n) is 6.84. The first-order valence-electron chi connectivity index (χ1n) is 9.61. The lowest BCUT2D eigenvalue weighted by molar-refractivity contribution is 0.0996. The monoisotopic (exact) mass is 465 g/mol. The Morgan fingerprint density at radius 3 is 2.41 bits per heavy atom. The minimum atomic E-state index is -0.418. The summed E-state index contributed by atoms with van der Waals surface area (Å²) in [7, 11) is 0. The van der Waals surface area contributed by atoms with Crippen LogP contribution < -0.4 is 10.1 Å². The van der Waals surface area contributed by atoms with E-state index in [4.69, 9.17) is 27.9 Å². The molecule has 0 spiro atoms. The first kappa shape index (κ1) is 21.6. The zero-order valence-electron chi connectivity index (χ0n) is 16.7. The van der Waals surface area contributed by atoms with Crippen molar-refractivity contribution in [2.24, 2.45) is 0 Å². The molecule has 3 aromatic carbocycles. The van der Waals surface area contributed by atoms with Gasteiger partial charge in [0.1, 0.15) is 5.75 Å². The van der Waals surface area contributed by atoms with Crippen molar-refractivity contribution in [2.75, 3.05) is 5.32 Å². The summed E-state index contributed by atoms with van der Waals surface area (Å²) >= 11 is 11.8. The maximum Gasteiger partial charge on any atom is 0.256 e. The summed E-state index contributed by atoms with van der Waals surface area (Å²) in [4.78, 5) is 25.8. The van der Waals surface area contributed by atoms with E-state index in [-0.39, 0.29) is 18.1 Å². The van der Waals surface area contributed by atoms with Crippen LogP contribution in [0.3, 0.4) is 0 Å². The molecule has 0 fully saturated rings. The number of carbonyl (C=O) groups excluding carboxylic acids is 2. The van der Waals surface area contributed by atoms with E-state index >= 15 is 0 Å². The van der Waals surface area contributed by atoms with Crippen molar-refractivity contribution in [1.29, 1.82) is 0 Å². The number of ketones is 1. The number of benzene rings is 3. The Balaban J connectivity index is 1.46. The zero-order valence-corrected chi connectivity index (χ0v) is 18.2. The standard InChI is InChI=1S/C24H17Cl2N3O3/c25-17-10-8-16(9-11-17)23(30)21-6-1-2-7-22(21)24(31)28-19-13-27-29(14-19)15-32-20-5-3-4-18(26)12-20/h1-14H,15H2,(H,28,31). The van der Waals surface area contributed by atoms with Gasteiger partial charge in [0.05, 0.1) is 23.6 Å². The molecule has 0 saturated heterocycles. The maximum absolute atomic E-state index is 12.9. The van der Waals surface area contributed by atoms with Gasteiger partial charge in [0.2, 0.25) is 0 Å². The normalized spacial score (nSPS) is 10.6. The number of nitrogens with one attached hydrogen (secondary N) is 1. The molecule has 0 aliphatic carbocycles. The smallest absolute Gasteiger partial charge is 0.256 e. The minimum Gasteiger partial charge on any atom is -0.471 e. The van der Waals surface area contributed by atoms with Gasteiger partial charge in [0.25, 0.3) is 5.91 Å². The molecular formula is C24H17Cl2N3O3. The molecule has 0 aliphatic rings. The van der Waals surface area contributed by atoms with Gasteiger partial charge in [0, 0.05) is 21.2 Å². The van der Waals surface area contributed by atoms with Gasteiger partial charge in [-0.3, -0.25) is 9.59 Å². The van der Waals surface area contributed by atoms with Crippen molar-refractivity contribution in [3.8, 4) is 5.75 Å². The van der Waals surface area contributed by atoms with Crippen LogP contribution >= 0.6 is 23.2 Å². The molecule has 0 saturated carbocycles. The molecule has 160 valence electrons. The lowest BCUT2D eigenvalue weighted by atomic mass is 9.98. The molecular weight excluding hydrogens is 449 g/mol. The Labute approximate surface area is 194 Å². The number of carbonyl (C=O) groups is 2. The number of amides is 1. The highest BCUT2D eigenvalue weighted by molar-refractivity contribution is 6.31. The van der Waals surface area contributed by atoms with Crippen molar-refractivity contribution >= 4 is 40.6 Å².